The van der Waals surface area contributed by atoms with Crippen LogP contribution in [0.1, 0.15) is 41.0 Å². The number of amides is 1. The normalized spacial score (nSPS) is 12.4. The highest BCUT2D eigenvalue weighted by molar-refractivity contribution is 5.77. The Morgan fingerprint density at radius 2 is 1.71 bits per heavy atom. The molecule has 0 atom stereocenters. The zero-order chi connectivity index (χ0) is 11.6. The number of carbonyl (C=O) groups is 1. The molecule has 0 aliphatic carbocycles. The second-order valence-corrected chi connectivity index (χ2v) is 5.44. The third kappa shape index (κ3) is 4.90. The van der Waals surface area contributed by atoms with Crippen molar-refractivity contribution in [1.29, 1.82) is 0 Å². The first kappa shape index (κ1) is 13.0. The molecule has 0 fully saturated rings. The molecule has 0 heterocycles. The van der Waals surface area contributed by atoms with E-state index < -0.39 is 5.54 Å². The maximum Gasteiger partial charge on any atom is 0.221 e. The highest BCUT2D eigenvalue weighted by Crippen LogP contribution is 2.19. The van der Waals surface area contributed by atoms with E-state index in [4.69, 9.17) is 5.73 Å². The van der Waals surface area contributed by atoms with Crippen LogP contribution in [0.15, 0.2) is 12.3 Å². The van der Waals surface area contributed by atoms with Crippen LogP contribution in [0.25, 0.3) is 0 Å². The molecule has 3 nitrogen and oxygen atoms in total. The Hall–Kier alpha value is -0.990. The Bertz CT molecular complexity index is 236. The van der Waals surface area contributed by atoms with Crippen molar-refractivity contribution in [3.63, 3.8) is 0 Å². The summed E-state index contributed by atoms with van der Waals surface area (Å²) >= 11 is 0. The average molecular weight is 198 g/mol. The van der Waals surface area contributed by atoms with Gasteiger partial charge in [-0.1, -0.05) is 27.4 Å². The summed E-state index contributed by atoms with van der Waals surface area (Å²) in [5.74, 6) is 0.00843. The molecule has 14 heavy (non-hydrogen) atoms. The van der Waals surface area contributed by atoms with Gasteiger partial charge in [-0.3, -0.25) is 4.79 Å². The van der Waals surface area contributed by atoms with Gasteiger partial charge in [0.05, 0.1) is 5.54 Å². The number of nitrogens with one attached hydrogen (secondary N) is 1. The fourth-order valence-corrected chi connectivity index (χ4v) is 0.955. The van der Waals surface area contributed by atoms with Gasteiger partial charge in [-0.25, -0.2) is 0 Å². The molecule has 0 aliphatic heterocycles. The highest BCUT2D eigenvalue weighted by atomic mass is 16.1. The Morgan fingerprint density at radius 1 is 1.29 bits per heavy atom. The molecular formula is C11H22N2O. The number of hydrogen-bond acceptors (Lipinski definition) is 2. The fourth-order valence-electron chi connectivity index (χ4n) is 0.955. The molecule has 0 spiro atoms. The zero-order valence-electron chi connectivity index (χ0n) is 9.90. The molecule has 0 aromatic carbocycles. The van der Waals surface area contributed by atoms with Crippen molar-refractivity contribution in [3.05, 3.63) is 12.3 Å². The van der Waals surface area contributed by atoms with Crippen molar-refractivity contribution in [1.82, 2.24) is 5.32 Å². The summed E-state index contributed by atoms with van der Waals surface area (Å²) in [6.45, 7) is 13.4. The first-order valence-electron chi connectivity index (χ1n) is 4.80. The maximum atomic E-state index is 11.6. The van der Waals surface area contributed by atoms with E-state index in [1.807, 2.05) is 34.6 Å². The molecule has 0 unspecified atom stereocenters. The predicted molar refractivity (Wildman–Crippen MR) is 59.6 cm³/mol. The topological polar surface area (TPSA) is 55.1 Å². The number of carbonyl (C=O) groups excluding carboxylic acids is 1. The lowest BCUT2D eigenvalue weighted by Gasteiger charge is -2.28. The quantitative estimate of drug-likeness (QED) is 0.726. The molecule has 0 aromatic heterocycles. The smallest absolute Gasteiger partial charge is 0.221 e. The van der Waals surface area contributed by atoms with Gasteiger partial charge in [0.15, 0.2) is 0 Å². The summed E-state index contributed by atoms with van der Waals surface area (Å²) in [6.07, 6.45) is 0.490. The maximum absolute atomic E-state index is 11.6. The van der Waals surface area contributed by atoms with Crippen molar-refractivity contribution in [2.75, 3.05) is 0 Å². The minimum absolute atomic E-state index is 0.00387. The lowest BCUT2D eigenvalue weighted by molar-refractivity contribution is -0.124. The summed E-state index contributed by atoms with van der Waals surface area (Å²) in [7, 11) is 0. The van der Waals surface area contributed by atoms with Gasteiger partial charge >= 0.3 is 0 Å². The van der Waals surface area contributed by atoms with Crippen LogP contribution in [0.2, 0.25) is 0 Å². The lowest BCUT2D eigenvalue weighted by atomic mass is 9.91. The van der Waals surface area contributed by atoms with Crippen molar-refractivity contribution >= 4 is 5.91 Å². The van der Waals surface area contributed by atoms with Crippen LogP contribution < -0.4 is 11.1 Å². The van der Waals surface area contributed by atoms with Crippen molar-refractivity contribution in [3.8, 4) is 0 Å². The van der Waals surface area contributed by atoms with Gasteiger partial charge in [0.2, 0.25) is 5.91 Å². The number of rotatable bonds is 3. The molecule has 0 rings (SSSR count). The van der Waals surface area contributed by atoms with Crippen molar-refractivity contribution < 1.29 is 4.79 Å². The monoisotopic (exact) mass is 198 g/mol. The van der Waals surface area contributed by atoms with Crippen LogP contribution in [0.5, 0.6) is 0 Å². The first-order valence-corrected chi connectivity index (χ1v) is 4.80. The molecule has 3 N–H and O–H groups in total. The lowest BCUT2D eigenvalue weighted by Crippen LogP contribution is -2.47. The Balaban J connectivity index is 4.27. The molecular weight excluding hydrogens is 176 g/mol. The van der Waals surface area contributed by atoms with E-state index in [1.54, 1.807) is 0 Å². The number of hydrogen-bond donors (Lipinski definition) is 2. The molecule has 0 saturated heterocycles. The van der Waals surface area contributed by atoms with E-state index in [0.717, 1.165) is 0 Å². The minimum atomic E-state index is -0.525. The summed E-state index contributed by atoms with van der Waals surface area (Å²) in [6, 6.07) is 0. The summed E-state index contributed by atoms with van der Waals surface area (Å²) in [4.78, 5) is 11.6. The van der Waals surface area contributed by atoms with Crippen LogP contribution in [-0.2, 0) is 4.79 Å². The number of nitrogens with two attached hydrogens (primary N) is 1. The van der Waals surface area contributed by atoms with Gasteiger partial charge in [-0.2, -0.15) is 0 Å². The standard InChI is InChI=1S/C11H22N2O/c1-8(12)11(5,6)13-9(14)7-10(2,3)4/h1,7,12H2,2-6H3,(H,13,14). The molecule has 0 radical (unpaired) electrons. The van der Waals surface area contributed by atoms with Crippen LogP contribution in [-0.4, -0.2) is 11.4 Å². The fraction of sp³-hybridized carbons (Fsp3) is 0.727. The summed E-state index contributed by atoms with van der Waals surface area (Å²) in [5.41, 5.74) is 5.52. The van der Waals surface area contributed by atoms with Crippen LogP contribution in [0, 0.1) is 5.41 Å². The Morgan fingerprint density at radius 3 is 2.00 bits per heavy atom. The third-order valence-electron chi connectivity index (χ3n) is 1.95. The van der Waals surface area contributed by atoms with E-state index in [2.05, 4.69) is 11.9 Å². The van der Waals surface area contributed by atoms with Gasteiger partial charge in [-0.05, 0) is 19.3 Å². The van der Waals surface area contributed by atoms with E-state index >= 15 is 0 Å². The van der Waals surface area contributed by atoms with E-state index in [0.29, 0.717) is 12.1 Å². The van der Waals surface area contributed by atoms with Gasteiger partial charge in [0.25, 0.3) is 0 Å². The molecule has 0 aliphatic rings. The van der Waals surface area contributed by atoms with Gasteiger partial charge < -0.3 is 11.1 Å². The van der Waals surface area contributed by atoms with Crippen LogP contribution >= 0.6 is 0 Å². The third-order valence-corrected chi connectivity index (χ3v) is 1.95. The van der Waals surface area contributed by atoms with E-state index in [-0.39, 0.29) is 11.3 Å². The molecule has 82 valence electrons. The molecule has 0 bridgehead atoms. The van der Waals surface area contributed by atoms with Crippen LogP contribution in [0.4, 0.5) is 0 Å². The highest BCUT2D eigenvalue weighted by Gasteiger charge is 2.24. The predicted octanol–water partition coefficient (Wildman–Crippen LogP) is 1.79. The summed E-state index contributed by atoms with van der Waals surface area (Å²) in [5, 5.41) is 2.85. The molecule has 0 aromatic rings. The van der Waals surface area contributed by atoms with Gasteiger partial charge in [-0.15, -0.1) is 0 Å². The van der Waals surface area contributed by atoms with E-state index in [1.165, 1.54) is 0 Å². The van der Waals surface area contributed by atoms with Gasteiger partial charge in [0.1, 0.15) is 0 Å². The first-order chi connectivity index (χ1) is 6.04. The van der Waals surface area contributed by atoms with Gasteiger partial charge in [0, 0.05) is 12.1 Å². The molecule has 3 heteroatoms. The Labute approximate surface area is 86.8 Å². The SMILES string of the molecule is C=C(N)C(C)(C)NC(=O)CC(C)(C)C. The zero-order valence-corrected chi connectivity index (χ0v) is 9.90. The van der Waals surface area contributed by atoms with Crippen molar-refractivity contribution in [2.24, 2.45) is 11.1 Å². The molecule has 1 amide bonds. The average Bonchev–Trinajstić information content (AvgIpc) is 1.79. The van der Waals surface area contributed by atoms with Crippen LogP contribution in [0.3, 0.4) is 0 Å². The Kier molecular flexibility index (Phi) is 3.74. The second kappa shape index (κ2) is 4.03. The van der Waals surface area contributed by atoms with E-state index in [9.17, 15) is 4.79 Å². The largest absolute Gasteiger partial charge is 0.401 e. The van der Waals surface area contributed by atoms with Crippen molar-refractivity contribution in [2.45, 2.75) is 46.6 Å². The molecule has 0 saturated carbocycles. The summed E-state index contributed by atoms with van der Waals surface area (Å²) < 4.78 is 0. The second-order valence-electron chi connectivity index (χ2n) is 5.44. The minimum Gasteiger partial charge on any atom is -0.401 e.